The summed E-state index contributed by atoms with van der Waals surface area (Å²) in [6, 6.07) is 0. The summed E-state index contributed by atoms with van der Waals surface area (Å²) < 4.78 is 39.5. The number of aliphatic hydroxyl groups excluding tert-OH is 1. The number of hydrogen-bond acceptors (Lipinski definition) is 10. The summed E-state index contributed by atoms with van der Waals surface area (Å²) in [5, 5.41) is 9.79. The first kappa shape index (κ1) is 67.7. The maximum absolute atomic E-state index is 12.9. The first-order valence-corrected chi connectivity index (χ1v) is 30.4. The highest BCUT2D eigenvalue weighted by atomic mass is 31.2. The molecule has 0 aliphatic heterocycles. The van der Waals surface area contributed by atoms with E-state index >= 15 is 0 Å². The summed E-state index contributed by atoms with van der Waals surface area (Å²) in [5.74, 6) is -1.46. The Hall–Kier alpha value is -2.30. The standard InChI is InChI=1S/C58H107O11P/c1-4-7-10-13-16-19-22-24-25-26-27-28-29-31-34-37-40-43-46-49-58(62)69-55(51-65-56(60)47-44-41-38-35-32-21-18-15-12-9-6-3)53-67-70(63,64)66-52-54(50-59)68-57(61)48-45-42-39-36-33-30-23-20-17-14-11-8-5-2/h16,19-20,23-25,54-55,59H,4-15,17-18,21-22,26-53H2,1-3H3,(H,63,64)/b19-16-,23-20-,25-24-. The van der Waals surface area contributed by atoms with Crippen LogP contribution in [0.3, 0.4) is 0 Å². The molecule has 3 unspecified atom stereocenters. The van der Waals surface area contributed by atoms with Crippen LogP contribution in [0, 0.1) is 0 Å². The normalized spacial score (nSPS) is 13.6. The van der Waals surface area contributed by atoms with Gasteiger partial charge in [-0.05, 0) is 77.0 Å². The van der Waals surface area contributed by atoms with E-state index in [-0.39, 0.29) is 25.9 Å². The van der Waals surface area contributed by atoms with Crippen LogP contribution in [-0.4, -0.2) is 66.5 Å². The van der Waals surface area contributed by atoms with Crippen molar-refractivity contribution in [3.63, 3.8) is 0 Å². The predicted molar refractivity (Wildman–Crippen MR) is 289 cm³/mol. The van der Waals surface area contributed by atoms with E-state index in [2.05, 4.69) is 57.2 Å². The highest BCUT2D eigenvalue weighted by Gasteiger charge is 2.28. The lowest BCUT2D eigenvalue weighted by molar-refractivity contribution is -0.161. The summed E-state index contributed by atoms with van der Waals surface area (Å²) in [5.41, 5.74) is 0. The van der Waals surface area contributed by atoms with Crippen molar-refractivity contribution in [2.45, 2.75) is 290 Å². The zero-order chi connectivity index (χ0) is 51.3. The van der Waals surface area contributed by atoms with Gasteiger partial charge in [0.1, 0.15) is 12.7 Å². The third-order valence-corrected chi connectivity index (χ3v) is 13.5. The topological polar surface area (TPSA) is 155 Å². The highest BCUT2D eigenvalue weighted by molar-refractivity contribution is 7.47. The van der Waals surface area contributed by atoms with Crippen LogP contribution in [0.25, 0.3) is 0 Å². The van der Waals surface area contributed by atoms with Crippen LogP contribution in [0.1, 0.15) is 278 Å². The summed E-state index contributed by atoms with van der Waals surface area (Å²) in [6.07, 6.45) is 53.9. The van der Waals surface area contributed by atoms with E-state index in [4.69, 9.17) is 23.3 Å². The Labute approximate surface area is 429 Å². The molecule has 0 bridgehead atoms. The average Bonchev–Trinajstić information content (AvgIpc) is 3.35. The van der Waals surface area contributed by atoms with Crippen molar-refractivity contribution in [2.75, 3.05) is 26.4 Å². The van der Waals surface area contributed by atoms with E-state index in [1.807, 2.05) is 0 Å². The molecule has 12 heteroatoms. The quantitative estimate of drug-likeness (QED) is 0.0197. The predicted octanol–water partition coefficient (Wildman–Crippen LogP) is 16.8. The molecular formula is C58H107O11P. The molecule has 3 atom stereocenters. The maximum Gasteiger partial charge on any atom is 0.472 e. The molecule has 0 aliphatic carbocycles. The van der Waals surface area contributed by atoms with E-state index in [9.17, 15) is 28.9 Å². The Morgan fingerprint density at radius 3 is 1.11 bits per heavy atom. The van der Waals surface area contributed by atoms with Gasteiger partial charge in [0.05, 0.1) is 19.8 Å². The lowest BCUT2D eigenvalue weighted by Crippen LogP contribution is -2.30. The summed E-state index contributed by atoms with van der Waals surface area (Å²) in [6.45, 7) is 4.61. The van der Waals surface area contributed by atoms with E-state index in [1.165, 1.54) is 128 Å². The molecule has 410 valence electrons. The Morgan fingerprint density at radius 2 is 0.700 bits per heavy atom. The molecule has 0 aromatic heterocycles. The second-order valence-corrected chi connectivity index (χ2v) is 20.9. The Balaban J connectivity index is 4.67. The van der Waals surface area contributed by atoms with Gasteiger partial charge in [-0.15, -0.1) is 0 Å². The molecule has 0 aromatic rings. The molecule has 0 amide bonds. The molecular weight excluding hydrogens is 904 g/mol. The Morgan fingerprint density at radius 1 is 0.400 bits per heavy atom. The van der Waals surface area contributed by atoms with Crippen molar-refractivity contribution in [2.24, 2.45) is 0 Å². The van der Waals surface area contributed by atoms with Crippen molar-refractivity contribution in [1.82, 2.24) is 0 Å². The molecule has 0 spiro atoms. The second kappa shape index (κ2) is 53.0. The number of phosphoric ester groups is 1. The van der Waals surface area contributed by atoms with Crippen molar-refractivity contribution in [3.05, 3.63) is 36.5 Å². The van der Waals surface area contributed by atoms with E-state index < -0.39 is 57.8 Å². The number of carbonyl (C=O) groups is 3. The number of allylic oxidation sites excluding steroid dienone is 6. The van der Waals surface area contributed by atoms with Crippen molar-refractivity contribution in [1.29, 1.82) is 0 Å². The van der Waals surface area contributed by atoms with Crippen LogP contribution < -0.4 is 0 Å². The fraction of sp³-hybridized carbons (Fsp3) is 0.845. The van der Waals surface area contributed by atoms with Crippen LogP contribution in [0.15, 0.2) is 36.5 Å². The Kier molecular flexibility index (Phi) is 51.3. The first-order chi connectivity index (χ1) is 34.2. The minimum atomic E-state index is -4.74. The van der Waals surface area contributed by atoms with Gasteiger partial charge in [-0.3, -0.25) is 23.4 Å². The van der Waals surface area contributed by atoms with Gasteiger partial charge in [0.25, 0.3) is 0 Å². The number of hydrogen-bond donors (Lipinski definition) is 2. The number of unbranched alkanes of at least 4 members (excludes halogenated alkanes) is 31. The van der Waals surface area contributed by atoms with Gasteiger partial charge in [0.2, 0.25) is 0 Å². The molecule has 11 nitrogen and oxygen atoms in total. The van der Waals surface area contributed by atoms with Gasteiger partial charge in [0, 0.05) is 19.3 Å². The van der Waals surface area contributed by atoms with E-state index in [1.54, 1.807) is 0 Å². The fourth-order valence-electron chi connectivity index (χ4n) is 8.09. The first-order valence-electron chi connectivity index (χ1n) is 28.9. The van der Waals surface area contributed by atoms with Crippen molar-refractivity contribution in [3.8, 4) is 0 Å². The second-order valence-electron chi connectivity index (χ2n) is 19.5. The van der Waals surface area contributed by atoms with Gasteiger partial charge >= 0.3 is 25.7 Å². The molecule has 0 fully saturated rings. The maximum atomic E-state index is 12.9. The zero-order valence-corrected chi connectivity index (χ0v) is 46.1. The minimum absolute atomic E-state index is 0.166. The van der Waals surface area contributed by atoms with Crippen molar-refractivity contribution < 1.29 is 52.2 Å². The number of ether oxygens (including phenoxy) is 3. The number of rotatable bonds is 54. The molecule has 0 heterocycles. The smallest absolute Gasteiger partial charge is 0.462 e. The van der Waals surface area contributed by atoms with Crippen LogP contribution in [0.5, 0.6) is 0 Å². The third kappa shape index (κ3) is 50.6. The van der Waals surface area contributed by atoms with Crippen molar-refractivity contribution >= 4 is 25.7 Å². The molecule has 0 saturated carbocycles. The number of carbonyl (C=O) groups excluding carboxylic acids is 3. The van der Waals surface area contributed by atoms with E-state index in [0.717, 1.165) is 89.9 Å². The molecule has 0 aromatic carbocycles. The van der Waals surface area contributed by atoms with Gasteiger partial charge in [-0.2, -0.15) is 0 Å². The fourth-order valence-corrected chi connectivity index (χ4v) is 8.87. The average molecular weight is 1010 g/mol. The van der Waals surface area contributed by atoms with Crippen LogP contribution >= 0.6 is 7.82 Å². The molecule has 0 radical (unpaired) electrons. The SMILES string of the molecule is CCCCC/C=C\C/C=C\CCCCCCCCCCCC(=O)OC(COC(=O)CCCCCCCCCCCCC)COP(=O)(O)OCC(CO)OC(=O)CCCCCCC/C=C\CCCCCC. The van der Waals surface area contributed by atoms with Crippen LogP contribution in [-0.2, 0) is 42.2 Å². The van der Waals surface area contributed by atoms with Gasteiger partial charge < -0.3 is 24.2 Å². The van der Waals surface area contributed by atoms with Crippen LogP contribution in [0.2, 0.25) is 0 Å². The minimum Gasteiger partial charge on any atom is -0.462 e. The summed E-state index contributed by atoms with van der Waals surface area (Å²) in [4.78, 5) is 48.4. The summed E-state index contributed by atoms with van der Waals surface area (Å²) in [7, 11) is -4.74. The van der Waals surface area contributed by atoms with Gasteiger partial charge in [0.15, 0.2) is 6.10 Å². The lowest BCUT2D eigenvalue weighted by atomic mass is 10.1. The molecule has 70 heavy (non-hydrogen) atoms. The molecule has 0 rings (SSSR count). The largest absolute Gasteiger partial charge is 0.472 e. The third-order valence-electron chi connectivity index (χ3n) is 12.5. The number of esters is 3. The number of phosphoric acid groups is 1. The number of aliphatic hydroxyl groups is 1. The molecule has 0 saturated heterocycles. The zero-order valence-electron chi connectivity index (χ0n) is 45.2. The Bertz CT molecular complexity index is 1320. The summed E-state index contributed by atoms with van der Waals surface area (Å²) >= 11 is 0. The molecule has 0 aliphatic rings. The van der Waals surface area contributed by atoms with Gasteiger partial charge in [-0.25, -0.2) is 4.57 Å². The van der Waals surface area contributed by atoms with Crippen LogP contribution in [0.4, 0.5) is 0 Å². The highest BCUT2D eigenvalue weighted by Crippen LogP contribution is 2.43. The molecule has 2 N–H and O–H groups in total. The van der Waals surface area contributed by atoms with E-state index in [0.29, 0.717) is 19.3 Å². The monoisotopic (exact) mass is 1010 g/mol. The van der Waals surface area contributed by atoms with Gasteiger partial charge in [-0.1, -0.05) is 218 Å². The lowest BCUT2D eigenvalue weighted by Gasteiger charge is -2.21.